The van der Waals surface area contributed by atoms with E-state index in [1.807, 2.05) is 24.3 Å². The molecule has 1 aliphatic rings. The number of fused-ring (bicyclic) bond motifs is 1. The number of nitrogens with one attached hydrogen (secondary N) is 2. The van der Waals surface area contributed by atoms with E-state index in [4.69, 9.17) is 11.6 Å². The topological polar surface area (TPSA) is 59.0 Å². The van der Waals surface area contributed by atoms with Gasteiger partial charge in [-0.05, 0) is 54.4 Å². The molecule has 0 spiro atoms. The van der Waals surface area contributed by atoms with Crippen LogP contribution < -0.4 is 10.6 Å². The quantitative estimate of drug-likeness (QED) is 0.708. The van der Waals surface area contributed by atoms with Crippen LogP contribution in [0.15, 0.2) is 54.6 Å². The fraction of sp³-hybridized carbons (Fsp3) is 0.200. The van der Waals surface area contributed by atoms with E-state index in [-0.39, 0.29) is 17.9 Å². The maximum Gasteiger partial charge on any atom is 0.269 e. The lowest BCUT2D eigenvalue weighted by Gasteiger charge is -2.25. The number of benzene rings is 2. The fourth-order valence-electron chi connectivity index (χ4n) is 3.12. The molecular formula is C20H18ClFN4O. The van der Waals surface area contributed by atoms with Crippen LogP contribution in [0.3, 0.4) is 0 Å². The summed E-state index contributed by atoms with van der Waals surface area (Å²) in [5.74, 6) is -0.464. The number of carbonyl (C=O) groups is 1. The van der Waals surface area contributed by atoms with Crippen molar-refractivity contribution in [2.75, 3.05) is 13.1 Å². The Kier molecular flexibility index (Phi) is 4.92. The monoisotopic (exact) mass is 384 g/mol. The maximum atomic E-state index is 13.1. The Bertz CT molecular complexity index is 953. The average molecular weight is 385 g/mol. The highest BCUT2D eigenvalue weighted by molar-refractivity contribution is 6.30. The minimum Gasteiger partial charge on any atom is -0.347 e. The third-order valence-electron chi connectivity index (χ3n) is 4.57. The molecule has 2 heterocycles. The van der Waals surface area contributed by atoms with E-state index in [0.717, 1.165) is 23.6 Å². The Morgan fingerprint density at radius 2 is 1.93 bits per heavy atom. The van der Waals surface area contributed by atoms with Gasteiger partial charge in [-0.2, -0.15) is 5.10 Å². The van der Waals surface area contributed by atoms with E-state index in [1.165, 1.54) is 17.7 Å². The molecule has 0 bridgehead atoms. The molecule has 1 aromatic heterocycles. The Labute approximate surface area is 161 Å². The Morgan fingerprint density at radius 1 is 1.19 bits per heavy atom. The van der Waals surface area contributed by atoms with E-state index in [1.54, 1.807) is 22.9 Å². The first-order chi connectivity index (χ1) is 13.1. The molecule has 2 aromatic carbocycles. The SMILES string of the molecule is O=C1NC[C@@H](NCCc2ccc(Cl)cc2)n2nc(-c3ccc(F)cc3)cc21. The highest BCUT2D eigenvalue weighted by Gasteiger charge is 2.27. The van der Waals surface area contributed by atoms with E-state index >= 15 is 0 Å². The van der Waals surface area contributed by atoms with E-state index in [0.29, 0.717) is 17.9 Å². The standard InChI is InChI=1S/C20H18ClFN4O/c21-15-5-1-13(2-6-15)9-10-23-19-12-24-20(27)18-11-17(25-26(18)19)14-3-7-16(22)8-4-14/h1-8,11,19,23H,9-10,12H2,(H,24,27)/t19-/m0/s1. The minimum absolute atomic E-state index is 0.140. The Balaban J connectivity index is 1.49. The molecule has 0 aliphatic carbocycles. The molecule has 5 nitrogen and oxygen atoms in total. The molecule has 27 heavy (non-hydrogen) atoms. The smallest absolute Gasteiger partial charge is 0.269 e. The lowest BCUT2D eigenvalue weighted by Crippen LogP contribution is -2.45. The van der Waals surface area contributed by atoms with Crippen LogP contribution in [0.5, 0.6) is 0 Å². The van der Waals surface area contributed by atoms with Gasteiger partial charge in [-0.25, -0.2) is 9.07 Å². The van der Waals surface area contributed by atoms with Crippen LogP contribution in [0, 0.1) is 5.82 Å². The highest BCUT2D eigenvalue weighted by Crippen LogP contribution is 2.23. The third-order valence-corrected chi connectivity index (χ3v) is 4.82. The predicted octanol–water partition coefficient (Wildman–Crippen LogP) is 3.42. The zero-order chi connectivity index (χ0) is 18.8. The van der Waals surface area contributed by atoms with Gasteiger partial charge in [0.15, 0.2) is 0 Å². The van der Waals surface area contributed by atoms with Crippen LogP contribution in [0.2, 0.25) is 5.02 Å². The second-order valence-corrected chi connectivity index (χ2v) is 6.86. The maximum absolute atomic E-state index is 13.1. The summed E-state index contributed by atoms with van der Waals surface area (Å²) >= 11 is 5.91. The summed E-state index contributed by atoms with van der Waals surface area (Å²) < 4.78 is 14.9. The molecular weight excluding hydrogens is 367 g/mol. The van der Waals surface area contributed by atoms with Gasteiger partial charge in [-0.1, -0.05) is 23.7 Å². The Hall–Kier alpha value is -2.70. The summed E-state index contributed by atoms with van der Waals surface area (Å²) in [6, 6.07) is 15.6. The zero-order valence-electron chi connectivity index (χ0n) is 14.5. The molecule has 7 heteroatoms. The van der Waals surface area contributed by atoms with Crippen molar-refractivity contribution >= 4 is 17.5 Å². The molecule has 0 saturated carbocycles. The van der Waals surface area contributed by atoms with E-state index < -0.39 is 0 Å². The molecule has 2 N–H and O–H groups in total. The minimum atomic E-state index is -0.304. The number of aromatic nitrogens is 2. The molecule has 3 aromatic rings. The normalized spacial score (nSPS) is 16.1. The molecule has 1 amide bonds. The second-order valence-electron chi connectivity index (χ2n) is 6.42. The largest absolute Gasteiger partial charge is 0.347 e. The molecule has 0 fully saturated rings. The molecule has 4 rings (SSSR count). The third kappa shape index (κ3) is 3.86. The first-order valence-corrected chi connectivity index (χ1v) is 9.09. The van der Waals surface area contributed by atoms with Gasteiger partial charge in [0.25, 0.3) is 5.91 Å². The summed E-state index contributed by atoms with van der Waals surface area (Å²) in [6.07, 6.45) is 0.697. The summed E-state index contributed by atoms with van der Waals surface area (Å²) in [4.78, 5) is 12.2. The number of rotatable bonds is 5. The van der Waals surface area contributed by atoms with Gasteiger partial charge in [0.05, 0.1) is 12.2 Å². The van der Waals surface area contributed by atoms with Crippen molar-refractivity contribution < 1.29 is 9.18 Å². The summed E-state index contributed by atoms with van der Waals surface area (Å²) in [6.45, 7) is 1.18. The molecule has 1 atom stereocenters. The summed E-state index contributed by atoms with van der Waals surface area (Å²) in [7, 11) is 0. The second kappa shape index (κ2) is 7.50. The van der Waals surface area contributed by atoms with Gasteiger partial charge >= 0.3 is 0 Å². The number of amides is 1. The van der Waals surface area contributed by atoms with Crippen molar-refractivity contribution in [2.24, 2.45) is 0 Å². The molecule has 138 valence electrons. The number of carbonyl (C=O) groups excluding carboxylic acids is 1. The van der Waals surface area contributed by atoms with Crippen LogP contribution in [-0.4, -0.2) is 28.8 Å². The lowest BCUT2D eigenvalue weighted by molar-refractivity contribution is 0.0901. The first kappa shape index (κ1) is 17.7. The number of halogens is 2. The van der Waals surface area contributed by atoms with Gasteiger partial charge < -0.3 is 5.32 Å². The number of hydrogen-bond donors (Lipinski definition) is 2. The van der Waals surface area contributed by atoms with Crippen molar-refractivity contribution in [2.45, 2.75) is 12.6 Å². The molecule has 0 radical (unpaired) electrons. The van der Waals surface area contributed by atoms with Crippen LogP contribution >= 0.6 is 11.6 Å². The van der Waals surface area contributed by atoms with Gasteiger partial charge in [0.1, 0.15) is 17.7 Å². The molecule has 0 saturated heterocycles. The van der Waals surface area contributed by atoms with Crippen LogP contribution in [0.25, 0.3) is 11.3 Å². The van der Waals surface area contributed by atoms with E-state index in [2.05, 4.69) is 15.7 Å². The average Bonchev–Trinajstić information content (AvgIpc) is 3.12. The van der Waals surface area contributed by atoms with Gasteiger partial charge in [0, 0.05) is 17.1 Å². The number of nitrogens with zero attached hydrogens (tertiary/aromatic N) is 2. The lowest BCUT2D eigenvalue weighted by atomic mass is 10.1. The summed E-state index contributed by atoms with van der Waals surface area (Å²) in [5.41, 5.74) is 3.08. The van der Waals surface area contributed by atoms with Crippen molar-refractivity contribution in [3.63, 3.8) is 0 Å². The molecule has 1 aliphatic heterocycles. The van der Waals surface area contributed by atoms with E-state index in [9.17, 15) is 9.18 Å². The van der Waals surface area contributed by atoms with Crippen molar-refractivity contribution in [3.8, 4) is 11.3 Å². The van der Waals surface area contributed by atoms with Gasteiger partial charge in [0.2, 0.25) is 0 Å². The predicted molar refractivity (Wildman–Crippen MR) is 102 cm³/mol. The van der Waals surface area contributed by atoms with Crippen LogP contribution in [-0.2, 0) is 6.42 Å². The highest BCUT2D eigenvalue weighted by atomic mass is 35.5. The molecule has 0 unspecified atom stereocenters. The van der Waals surface area contributed by atoms with Gasteiger partial charge in [-0.15, -0.1) is 0 Å². The first-order valence-electron chi connectivity index (χ1n) is 8.72. The van der Waals surface area contributed by atoms with Crippen LogP contribution in [0.4, 0.5) is 4.39 Å². The Morgan fingerprint density at radius 3 is 2.67 bits per heavy atom. The van der Waals surface area contributed by atoms with Crippen molar-refractivity contribution in [1.82, 2.24) is 20.4 Å². The zero-order valence-corrected chi connectivity index (χ0v) is 15.2. The number of hydrogen-bond acceptors (Lipinski definition) is 3. The van der Waals surface area contributed by atoms with Gasteiger partial charge in [-0.3, -0.25) is 10.1 Å². The fourth-order valence-corrected chi connectivity index (χ4v) is 3.25. The van der Waals surface area contributed by atoms with Crippen molar-refractivity contribution in [3.05, 3.63) is 76.7 Å². The van der Waals surface area contributed by atoms with Crippen molar-refractivity contribution in [1.29, 1.82) is 0 Å². The van der Waals surface area contributed by atoms with Crippen LogP contribution in [0.1, 0.15) is 22.2 Å². The summed E-state index contributed by atoms with van der Waals surface area (Å²) in [5, 5.41) is 11.6.